The van der Waals surface area contributed by atoms with Crippen molar-refractivity contribution in [1.29, 1.82) is 0 Å². The van der Waals surface area contributed by atoms with Crippen LogP contribution in [0.1, 0.15) is 37.8 Å². The van der Waals surface area contributed by atoms with E-state index < -0.39 is 0 Å². The first-order valence-electron chi connectivity index (χ1n) is 7.55. The lowest BCUT2D eigenvalue weighted by Crippen LogP contribution is -2.55. The van der Waals surface area contributed by atoms with Gasteiger partial charge in [0.15, 0.2) is 0 Å². The van der Waals surface area contributed by atoms with Crippen LogP contribution in [0.3, 0.4) is 0 Å². The van der Waals surface area contributed by atoms with Crippen LogP contribution < -0.4 is 5.73 Å². The molecule has 1 saturated heterocycles. The highest BCUT2D eigenvalue weighted by molar-refractivity contribution is 5.27. The number of aryl methyl sites for hydroxylation is 1. The lowest BCUT2D eigenvalue weighted by atomic mass is 9.86. The molecule has 0 spiro atoms. The van der Waals surface area contributed by atoms with Crippen molar-refractivity contribution >= 4 is 0 Å². The van der Waals surface area contributed by atoms with Crippen molar-refractivity contribution in [2.75, 3.05) is 19.6 Å². The van der Waals surface area contributed by atoms with E-state index in [0.29, 0.717) is 0 Å². The van der Waals surface area contributed by atoms with E-state index in [1.54, 1.807) is 0 Å². The minimum Gasteiger partial charge on any atom is -0.329 e. The Morgan fingerprint density at radius 1 is 1.26 bits per heavy atom. The second kappa shape index (κ2) is 6.06. The Bertz CT molecular complexity index is 407. The lowest BCUT2D eigenvalue weighted by molar-refractivity contribution is 0.0708. The Morgan fingerprint density at radius 2 is 1.89 bits per heavy atom. The average Bonchev–Trinajstić information content (AvgIpc) is 2.42. The van der Waals surface area contributed by atoms with Gasteiger partial charge < -0.3 is 5.73 Å². The summed E-state index contributed by atoms with van der Waals surface area (Å²) in [5, 5.41) is 0. The molecule has 0 saturated carbocycles. The monoisotopic (exact) mass is 260 g/mol. The Labute approximate surface area is 118 Å². The van der Waals surface area contributed by atoms with Crippen LogP contribution in [-0.2, 0) is 6.42 Å². The standard InChI is InChI=1S/C17H28N2/c1-14-8-10-19(11-9-14)17(3,13-18)12-16-7-5-4-6-15(16)2/h4-7,14H,8-13,18H2,1-3H3. The molecule has 106 valence electrons. The molecular weight excluding hydrogens is 232 g/mol. The zero-order valence-corrected chi connectivity index (χ0v) is 12.7. The first-order valence-corrected chi connectivity index (χ1v) is 7.55. The van der Waals surface area contributed by atoms with Crippen LogP contribution >= 0.6 is 0 Å². The molecule has 2 rings (SSSR count). The van der Waals surface area contributed by atoms with Gasteiger partial charge in [-0.2, -0.15) is 0 Å². The van der Waals surface area contributed by atoms with Crippen molar-refractivity contribution in [2.45, 2.75) is 45.6 Å². The van der Waals surface area contributed by atoms with Gasteiger partial charge in [0, 0.05) is 12.1 Å². The number of piperidine rings is 1. The number of nitrogens with zero attached hydrogens (tertiary/aromatic N) is 1. The summed E-state index contributed by atoms with van der Waals surface area (Å²) < 4.78 is 0. The molecule has 0 radical (unpaired) electrons. The van der Waals surface area contributed by atoms with Crippen LogP contribution in [0.5, 0.6) is 0 Å². The van der Waals surface area contributed by atoms with Gasteiger partial charge in [-0.15, -0.1) is 0 Å². The Hall–Kier alpha value is -0.860. The van der Waals surface area contributed by atoms with Gasteiger partial charge in [-0.3, -0.25) is 4.90 Å². The summed E-state index contributed by atoms with van der Waals surface area (Å²) in [6.45, 7) is 10.0. The maximum Gasteiger partial charge on any atom is 0.0343 e. The van der Waals surface area contributed by atoms with Gasteiger partial charge in [0.25, 0.3) is 0 Å². The normalized spacial score (nSPS) is 21.3. The molecule has 0 aliphatic carbocycles. The quantitative estimate of drug-likeness (QED) is 0.902. The van der Waals surface area contributed by atoms with E-state index in [1.807, 2.05) is 0 Å². The van der Waals surface area contributed by atoms with Gasteiger partial charge in [0.2, 0.25) is 0 Å². The maximum absolute atomic E-state index is 6.13. The summed E-state index contributed by atoms with van der Waals surface area (Å²) in [5.74, 6) is 0.872. The van der Waals surface area contributed by atoms with E-state index in [1.165, 1.54) is 37.1 Å². The molecule has 2 N–H and O–H groups in total. The third-order valence-corrected chi connectivity index (χ3v) is 4.82. The van der Waals surface area contributed by atoms with Gasteiger partial charge in [-0.05, 0) is 63.2 Å². The largest absolute Gasteiger partial charge is 0.329 e. The van der Waals surface area contributed by atoms with E-state index in [4.69, 9.17) is 5.73 Å². The molecule has 0 amide bonds. The van der Waals surface area contributed by atoms with Crippen molar-refractivity contribution in [1.82, 2.24) is 4.90 Å². The molecule has 0 aromatic heterocycles. The molecule has 1 fully saturated rings. The summed E-state index contributed by atoms with van der Waals surface area (Å²) in [6.07, 6.45) is 3.68. The molecular formula is C17H28N2. The number of hydrogen-bond acceptors (Lipinski definition) is 2. The van der Waals surface area contributed by atoms with E-state index in [9.17, 15) is 0 Å². The van der Waals surface area contributed by atoms with Crippen LogP contribution in [0.2, 0.25) is 0 Å². The molecule has 1 atom stereocenters. The van der Waals surface area contributed by atoms with Crippen molar-refractivity contribution in [3.05, 3.63) is 35.4 Å². The molecule has 1 aliphatic heterocycles. The molecule has 2 nitrogen and oxygen atoms in total. The first-order chi connectivity index (χ1) is 9.05. The van der Waals surface area contributed by atoms with Crippen molar-refractivity contribution in [3.63, 3.8) is 0 Å². The summed E-state index contributed by atoms with van der Waals surface area (Å²) in [4.78, 5) is 2.61. The van der Waals surface area contributed by atoms with Crippen LogP contribution in [0, 0.1) is 12.8 Å². The third-order valence-electron chi connectivity index (χ3n) is 4.82. The molecule has 19 heavy (non-hydrogen) atoms. The van der Waals surface area contributed by atoms with Crippen molar-refractivity contribution in [3.8, 4) is 0 Å². The van der Waals surface area contributed by atoms with Crippen LogP contribution in [0.15, 0.2) is 24.3 Å². The molecule has 0 bridgehead atoms. The lowest BCUT2D eigenvalue weighted by Gasteiger charge is -2.44. The number of hydrogen-bond donors (Lipinski definition) is 1. The average molecular weight is 260 g/mol. The summed E-state index contributed by atoms with van der Waals surface area (Å²) in [5.41, 5.74) is 9.05. The van der Waals surface area contributed by atoms with Gasteiger partial charge >= 0.3 is 0 Å². The molecule has 1 heterocycles. The maximum atomic E-state index is 6.13. The minimum atomic E-state index is 0.103. The Balaban J connectivity index is 2.12. The fourth-order valence-corrected chi connectivity index (χ4v) is 3.08. The third kappa shape index (κ3) is 3.37. The number of benzene rings is 1. The highest BCUT2D eigenvalue weighted by atomic mass is 15.2. The van der Waals surface area contributed by atoms with Gasteiger partial charge in [-0.25, -0.2) is 0 Å². The number of nitrogens with two attached hydrogens (primary N) is 1. The molecule has 1 aliphatic rings. The second-order valence-corrected chi connectivity index (χ2v) is 6.47. The fraction of sp³-hybridized carbons (Fsp3) is 0.647. The molecule has 1 aromatic carbocycles. The summed E-state index contributed by atoms with van der Waals surface area (Å²) in [7, 11) is 0. The molecule has 1 aromatic rings. The summed E-state index contributed by atoms with van der Waals surface area (Å²) in [6, 6.07) is 8.69. The summed E-state index contributed by atoms with van der Waals surface area (Å²) >= 11 is 0. The fourth-order valence-electron chi connectivity index (χ4n) is 3.08. The van der Waals surface area contributed by atoms with E-state index in [2.05, 4.69) is 49.9 Å². The number of likely N-dealkylation sites (tertiary alicyclic amines) is 1. The zero-order chi connectivity index (χ0) is 13.9. The first kappa shape index (κ1) is 14.5. The number of rotatable bonds is 4. The molecule has 2 heteroatoms. The van der Waals surface area contributed by atoms with E-state index in [-0.39, 0.29) is 5.54 Å². The highest BCUT2D eigenvalue weighted by Crippen LogP contribution is 2.27. The minimum absolute atomic E-state index is 0.103. The van der Waals surface area contributed by atoms with Crippen LogP contribution in [0.4, 0.5) is 0 Å². The zero-order valence-electron chi connectivity index (χ0n) is 12.7. The van der Waals surface area contributed by atoms with E-state index >= 15 is 0 Å². The van der Waals surface area contributed by atoms with Gasteiger partial charge in [0.05, 0.1) is 0 Å². The SMILES string of the molecule is Cc1ccccc1CC(C)(CN)N1CCC(C)CC1. The predicted octanol–water partition coefficient (Wildman–Crippen LogP) is 2.99. The predicted molar refractivity (Wildman–Crippen MR) is 82.3 cm³/mol. The van der Waals surface area contributed by atoms with Gasteiger partial charge in [0.1, 0.15) is 0 Å². The van der Waals surface area contributed by atoms with E-state index in [0.717, 1.165) is 18.9 Å². The molecule has 1 unspecified atom stereocenters. The Kier molecular flexibility index (Phi) is 4.64. The van der Waals surface area contributed by atoms with Crippen LogP contribution in [0.25, 0.3) is 0 Å². The Morgan fingerprint density at radius 3 is 2.47 bits per heavy atom. The van der Waals surface area contributed by atoms with Gasteiger partial charge in [-0.1, -0.05) is 31.2 Å². The topological polar surface area (TPSA) is 29.3 Å². The second-order valence-electron chi connectivity index (χ2n) is 6.47. The highest BCUT2D eigenvalue weighted by Gasteiger charge is 2.33. The van der Waals surface area contributed by atoms with Crippen LogP contribution in [-0.4, -0.2) is 30.1 Å². The van der Waals surface area contributed by atoms with Crippen molar-refractivity contribution < 1.29 is 0 Å². The van der Waals surface area contributed by atoms with Crippen molar-refractivity contribution in [2.24, 2.45) is 11.7 Å². The smallest absolute Gasteiger partial charge is 0.0343 e.